The minimum absolute atomic E-state index is 0.223. The van der Waals surface area contributed by atoms with Crippen LogP contribution in [0.2, 0.25) is 5.02 Å². The van der Waals surface area contributed by atoms with Gasteiger partial charge >= 0.3 is 0 Å². The van der Waals surface area contributed by atoms with E-state index in [9.17, 15) is 4.79 Å². The van der Waals surface area contributed by atoms with Crippen LogP contribution in [-0.4, -0.2) is 22.2 Å². The highest BCUT2D eigenvalue weighted by atomic mass is 79.9. The van der Waals surface area contributed by atoms with E-state index >= 15 is 0 Å². The average Bonchev–Trinajstić information content (AvgIpc) is 2.92. The molecule has 2 aromatic rings. The van der Waals surface area contributed by atoms with Crippen molar-refractivity contribution in [3.63, 3.8) is 0 Å². The van der Waals surface area contributed by atoms with Gasteiger partial charge in [0.1, 0.15) is 11.3 Å². The Morgan fingerprint density at radius 1 is 1.50 bits per heavy atom. The highest BCUT2D eigenvalue weighted by molar-refractivity contribution is 9.10. The molecule has 1 heterocycles. The molecular formula is C16H17BrClN3O3. The fraction of sp³-hybridized carbons (Fsp3) is 0.438. The van der Waals surface area contributed by atoms with E-state index in [4.69, 9.17) is 20.9 Å². The molecule has 3 rings (SSSR count). The van der Waals surface area contributed by atoms with Crippen molar-refractivity contribution < 1.29 is 14.1 Å². The summed E-state index contributed by atoms with van der Waals surface area (Å²) in [4.78, 5) is 16.8. The zero-order valence-electron chi connectivity index (χ0n) is 13.3. The number of carbonyl (C=O) groups is 1. The van der Waals surface area contributed by atoms with E-state index in [0.29, 0.717) is 27.0 Å². The number of nitrogens with zero attached hydrogens (tertiary/aromatic N) is 2. The molecule has 1 aliphatic carbocycles. The van der Waals surface area contributed by atoms with Crippen LogP contribution in [0.15, 0.2) is 27.2 Å². The molecule has 1 N–H and O–H groups in total. The van der Waals surface area contributed by atoms with Gasteiger partial charge < -0.3 is 14.6 Å². The van der Waals surface area contributed by atoms with Crippen LogP contribution in [-0.2, 0) is 10.3 Å². The standard InChI is InChI=1S/C16H17BrClN3O3/c1-9(23-13-5-4-11(18)8-12(13)17)14(22)20-16(6-3-7-16)15-19-10(2)24-21-15/h4-5,8-9H,3,6-7H2,1-2H3,(H,20,22)/t9-/m0/s1. The number of hydrogen-bond donors (Lipinski definition) is 1. The Balaban J connectivity index is 1.69. The van der Waals surface area contributed by atoms with Crippen molar-refractivity contribution in [2.24, 2.45) is 0 Å². The lowest BCUT2D eigenvalue weighted by Gasteiger charge is -2.40. The van der Waals surface area contributed by atoms with Gasteiger partial charge in [-0.1, -0.05) is 16.8 Å². The Morgan fingerprint density at radius 3 is 2.79 bits per heavy atom. The van der Waals surface area contributed by atoms with Gasteiger partial charge in [-0.05, 0) is 60.3 Å². The lowest BCUT2D eigenvalue weighted by molar-refractivity contribution is -0.130. The van der Waals surface area contributed by atoms with Crippen LogP contribution in [0.1, 0.15) is 37.9 Å². The monoisotopic (exact) mass is 413 g/mol. The van der Waals surface area contributed by atoms with Gasteiger partial charge in [0, 0.05) is 11.9 Å². The summed E-state index contributed by atoms with van der Waals surface area (Å²) in [5.74, 6) is 1.35. The molecule has 8 heteroatoms. The van der Waals surface area contributed by atoms with E-state index in [1.54, 1.807) is 32.0 Å². The van der Waals surface area contributed by atoms with Gasteiger partial charge in [0.05, 0.1) is 4.47 Å². The molecule has 0 spiro atoms. The molecule has 128 valence electrons. The topological polar surface area (TPSA) is 77.2 Å². The molecule has 0 bridgehead atoms. The lowest BCUT2D eigenvalue weighted by Crippen LogP contribution is -2.54. The Hall–Kier alpha value is -1.60. The maximum Gasteiger partial charge on any atom is 0.261 e. The van der Waals surface area contributed by atoms with Crippen LogP contribution >= 0.6 is 27.5 Å². The van der Waals surface area contributed by atoms with Crippen LogP contribution in [0.25, 0.3) is 0 Å². The molecule has 0 saturated heterocycles. The van der Waals surface area contributed by atoms with Crippen molar-refractivity contribution in [1.29, 1.82) is 0 Å². The molecule has 1 saturated carbocycles. The number of aryl methyl sites for hydroxylation is 1. The van der Waals surface area contributed by atoms with Crippen molar-refractivity contribution in [3.8, 4) is 5.75 Å². The first-order valence-electron chi connectivity index (χ1n) is 7.64. The second-order valence-electron chi connectivity index (χ2n) is 5.90. The van der Waals surface area contributed by atoms with Gasteiger partial charge in [-0.3, -0.25) is 4.79 Å². The van der Waals surface area contributed by atoms with Gasteiger partial charge in [0.15, 0.2) is 11.9 Å². The number of ether oxygens (including phenoxy) is 1. The summed E-state index contributed by atoms with van der Waals surface area (Å²) in [6, 6.07) is 5.15. The normalized spacial score (nSPS) is 17.0. The summed E-state index contributed by atoms with van der Waals surface area (Å²) in [5, 5.41) is 7.58. The SMILES string of the molecule is Cc1nc(C2(NC(=O)[C@H](C)Oc3ccc(Cl)cc3Br)CCC2)no1. The quantitative estimate of drug-likeness (QED) is 0.806. The number of carbonyl (C=O) groups excluding carboxylic acids is 1. The van der Waals surface area contributed by atoms with E-state index in [1.807, 2.05) is 0 Å². The third-order valence-corrected chi connectivity index (χ3v) is 4.95. The van der Waals surface area contributed by atoms with Crippen molar-refractivity contribution in [3.05, 3.63) is 39.4 Å². The minimum Gasteiger partial charge on any atom is -0.480 e. The van der Waals surface area contributed by atoms with Crippen molar-refractivity contribution in [2.45, 2.75) is 44.8 Å². The van der Waals surface area contributed by atoms with E-state index in [-0.39, 0.29) is 5.91 Å². The fourth-order valence-electron chi connectivity index (χ4n) is 2.58. The molecule has 6 nitrogen and oxygen atoms in total. The van der Waals surface area contributed by atoms with Crippen molar-refractivity contribution in [1.82, 2.24) is 15.5 Å². The largest absolute Gasteiger partial charge is 0.480 e. The Labute approximate surface area is 153 Å². The summed E-state index contributed by atoms with van der Waals surface area (Å²) >= 11 is 9.29. The van der Waals surface area contributed by atoms with Crippen LogP contribution < -0.4 is 10.1 Å². The second-order valence-corrected chi connectivity index (χ2v) is 7.19. The molecule has 24 heavy (non-hydrogen) atoms. The lowest BCUT2D eigenvalue weighted by atomic mass is 9.76. The first kappa shape index (κ1) is 17.2. The first-order valence-corrected chi connectivity index (χ1v) is 8.81. The van der Waals surface area contributed by atoms with Gasteiger partial charge in [0.25, 0.3) is 5.91 Å². The summed E-state index contributed by atoms with van der Waals surface area (Å²) in [7, 11) is 0. The van der Waals surface area contributed by atoms with Crippen molar-refractivity contribution in [2.75, 3.05) is 0 Å². The number of benzene rings is 1. The number of nitrogens with one attached hydrogen (secondary N) is 1. The maximum absolute atomic E-state index is 12.6. The van der Waals surface area contributed by atoms with Gasteiger partial charge in [-0.2, -0.15) is 4.98 Å². The fourth-order valence-corrected chi connectivity index (χ4v) is 3.36. The number of amides is 1. The smallest absolute Gasteiger partial charge is 0.261 e. The number of hydrogen-bond acceptors (Lipinski definition) is 5. The maximum atomic E-state index is 12.6. The molecule has 1 aromatic carbocycles. The van der Waals surface area contributed by atoms with E-state index < -0.39 is 11.6 Å². The first-order chi connectivity index (χ1) is 11.4. The molecule has 0 radical (unpaired) electrons. The van der Waals surface area contributed by atoms with Crippen LogP contribution in [0, 0.1) is 6.92 Å². The molecule has 0 unspecified atom stereocenters. The van der Waals surface area contributed by atoms with Gasteiger partial charge in [-0.15, -0.1) is 0 Å². The summed E-state index contributed by atoms with van der Waals surface area (Å²) in [6.45, 7) is 3.43. The van der Waals surface area contributed by atoms with Crippen LogP contribution in [0.5, 0.6) is 5.75 Å². The van der Waals surface area contributed by atoms with Gasteiger partial charge in [-0.25, -0.2) is 0 Å². The number of rotatable bonds is 5. The minimum atomic E-state index is -0.673. The van der Waals surface area contributed by atoms with Crippen molar-refractivity contribution >= 4 is 33.4 Å². The zero-order chi connectivity index (χ0) is 17.3. The highest BCUT2D eigenvalue weighted by Crippen LogP contribution is 2.40. The number of halogens is 2. The zero-order valence-corrected chi connectivity index (χ0v) is 15.6. The predicted molar refractivity (Wildman–Crippen MR) is 91.9 cm³/mol. The Bertz CT molecular complexity index is 761. The van der Waals surface area contributed by atoms with E-state index in [2.05, 4.69) is 31.4 Å². The molecule has 1 fully saturated rings. The summed E-state index contributed by atoms with van der Waals surface area (Å²) in [5.41, 5.74) is -0.552. The summed E-state index contributed by atoms with van der Waals surface area (Å²) < 4.78 is 11.5. The van der Waals surface area contributed by atoms with Crippen LogP contribution in [0.4, 0.5) is 0 Å². The molecule has 1 atom stereocenters. The van der Waals surface area contributed by atoms with Crippen LogP contribution in [0.3, 0.4) is 0 Å². The third kappa shape index (κ3) is 3.42. The molecule has 1 aliphatic rings. The number of aromatic nitrogens is 2. The Morgan fingerprint density at radius 2 is 2.25 bits per heavy atom. The average molecular weight is 415 g/mol. The van der Waals surface area contributed by atoms with E-state index in [1.165, 1.54) is 0 Å². The Kier molecular flexibility index (Phi) is 4.83. The second kappa shape index (κ2) is 6.72. The molecule has 1 aromatic heterocycles. The van der Waals surface area contributed by atoms with E-state index in [0.717, 1.165) is 19.3 Å². The summed E-state index contributed by atoms with van der Waals surface area (Å²) in [6.07, 6.45) is 1.91. The highest BCUT2D eigenvalue weighted by Gasteiger charge is 2.45. The van der Waals surface area contributed by atoms with Gasteiger partial charge in [0.2, 0.25) is 5.89 Å². The molecule has 0 aliphatic heterocycles. The predicted octanol–water partition coefficient (Wildman–Crippen LogP) is 3.76. The molecular weight excluding hydrogens is 398 g/mol. The third-order valence-electron chi connectivity index (χ3n) is 4.09. The molecule has 1 amide bonds.